The maximum Gasteiger partial charge on any atom is 0.142 e. The molecule has 1 heterocycles. The van der Waals surface area contributed by atoms with Gasteiger partial charge in [-0.25, -0.2) is 0 Å². The molecule has 0 bridgehead atoms. The molecule has 1 fully saturated rings. The van der Waals surface area contributed by atoms with Gasteiger partial charge in [-0.1, -0.05) is 6.92 Å². The highest BCUT2D eigenvalue weighted by Gasteiger charge is 2.40. The minimum Gasteiger partial charge on any atom is -0.387 e. The van der Waals surface area contributed by atoms with Crippen LogP contribution in [0.25, 0.3) is 0 Å². The van der Waals surface area contributed by atoms with Crippen LogP contribution in [0.3, 0.4) is 0 Å². The van der Waals surface area contributed by atoms with Crippen molar-refractivity contribution < 1.29 is 24.4 Å². The zero-order valence-corrected chi connectivity index (χ0v) is 11.1. The van der Waals surface area contributed by atoms with Crippen LogP contribution in [0.2, 0.25) is 0 Å². The topological polar surface area (TPSA) is 79.2 Å². The molecule has 0 radical (unpaired) electrons. The SMILES string of the molecule is B[C@@H]1O[C@H](/C=C/P(=C)(O)O)[C@H](O)C1OCCC. The van der Waals surface area contributed by atoms with Gasteiger partial charge in [0.25, 0.3) is 0 Å². The molecule has 7 heteroatoms. The van der Waals surface area contributed by atoms with E-state index in [0.29, 0.717) is 6.61 Å². The molecule has 0 saturated carbocycles. The molecule has 0 spiro atoms. The second-order valence-electron chi connectivity index (χ2n) is 4.26. The van der Waals surface area contributed by atoms with Crippen molar-refractivity contribution >= 4 is 21.5 Å². The summed E-state index contributed by atoms with van der Waals surface area (Å²) in [6.45, 7) is 2.56. The zero-order valence-electron chi connectivity index (χ0n) is 10.2. The van der Waals surface area contributed by atoms with Crippen LogP contribution in [0.4, 0.5) is 0 Å². The molecule has 1 unspecified atom stereocenters. The third kappa shape index (κ3) is 4.58. The first-order chi connectivity index (χ1) is 7.85. The smallest absolute Gasteiger partial charge is 0.142 e. The molecular formula is C10H20BO5P. The fourth-order valence-electron chi connectivity index (χ4n) is 1.74. The van der Waals surface area contributed by atoms with Crippen molar-refractivity contribution in [1.82, 2.24) is 0 Å². The first-order valence-corrected chi connectivity index (χ1v) is 7.63. The molecule has 17 heavy (non-hydrogen) atoms. The van der Waals surface area contributed by atoms with Gasteiger partial charge in [0.1, 0.15) is 33.5 Å². The van der Waals surface area contributed by atoms with Gasteiger partial charge in [0, 0.05) is 6.61 Å². The van der Waals surface area contributed by atoms with E-state index in [4.69, 9.17) is 19.3 Å². The lowest BCUT2D eigenvalue weighted by Crippen LogP contribution is -2.35. The van der Waals surface area contributed by atoms with Gasteiger partial charge in [-0.15, -0.1) is 0 Å². The van der Waals surface area contributed by atoms with Crippen LogP contribution in [0, 0.1) is 0 Å². The van der Waals surface area contributed by atoms with E-state index < -0.39 is 19.5 Å². The maximum absolute atomic E-state index is 9.97. The first-order valence-electron chi connectivity index (χ1n) is 5.68. The number of ether oxygens (including phenoxy) is 2. The lowest BCUT2D eigenvalue weighted by atomic mass is 9.93. The van der Waals surface area contributed by atoms with Crippen LogP contribution < -0.4 is 0 Å². The minimum atomic E-state index is -3.22. The van der Waals surface area contributed by atoms with E-state index >= 15 is 0 Å². The molecule has 5 nitrogen and oxygen atoms in total. The number of aliphatic hydroxyl groups is 1. The second-order valence-corrected chi connectivity index (χ2v) is 6.13. The predicted octanol–water partition coefficient (Wildman–Crippen LogP) is -0.722. The van der Waals surface area contributed by atoms with E-state index in [2.05, 4.69) is 6.30 Å². The van der Waals surface area contributed by atoms with E-state index in [-0.39, 0.29) is 12.1 Å². The summed E-state index contributed by atoms with van der Waals surface area (Å²) in [7, 11) is -1.40. The van der Waals surface area contributed by atoms with Crippen LogP contribution in [0.1, 0.15) is 13.3 Å². The highest BCUT2D eigenvalue weighted by Crippen LogP contribution is 2.36. The molecule has 1 aliphatic rings. The Morgan fingerprint density at radius 3 is 2.71 bits per heavy atom. The monoisotopic (exact) mass is 262 g/mol. The lowest BCUT2D eigenvalue weighted by Gasteiger charge is -2.18. The Balaban J connectivity index is 2.61. The Kier molecular flexibility index (Phi) is 5.44. The number of hydrogen-bond acceptors (Lipinski definition) is 5. The van der Waals surface area contributed by atoms with Crippen LogP contribution in [0.15, 0.2) is 11.9 Å². The Bertz CT molecular complexity index is 316. The van der Waals surface area contributed by atoms with Gasteiger partial charge >= 0.3 is 0 Å². The molecule has 0 aromatic carbocycles. The van der Waals surface area contributed by atoms with Crippen LogP contribution >= 0.6 is 7.34 Å². The average Bonchev–Trinajstić information content (AvgIpc) is 2.48. The summed E-state index contributed by atoms with van der Waals surface area (Å²) in [5, 5.41) is 9.97. The lowest BCUT2D eigenvalue weighted by molar-refractivity contribution is -0.0190. The molecule has 1 rings (SSSR count). The summed E-state index contributed by atoms with van der Waals surface area (Å²) in [6, 6.07) is -0.221. The van der Waals surface area contributed by atoms with Gasteiger partial charge in [-0.3, -0.25) is 0 Å². The summed E-state index contributed by atoms with van der Waals surface area (Å²) in [6.07, 6.45) is 3.78. The molecule has 0 aliphatic carbocycles. The molecule has 1 aliphatic heterocycles. The fourth-order valence-corrected chi connectivity index (χ4v) is 2.19. The van der Waals surface area contributed by atoms with Gasteiger partial charge in [0.15, 0.2) is 0 Å². The van der Waals surface area contributed by atoms with Crippen LogP contribution in [-0.4, -0.2) is 60.0 Å². The third-order valence-corrected chi connectivity index (χ3v) is 3.19. The molecular weight excluding hydrogens is 242 g/mol. The minimum absolute atomic E-state index is 0.221. The van der Waals surface area contributed by atoms with E-state index in [9.17, 15) is 5.11 Å². The summed E-state index contributed by atoms with van der Waals surface area (Å²) in [5.41, 5.74) is 0. The highest BCUT2D eigenvalue weighted by molar-refractivity contribution is 7.65. The summed E-state index contributed by atoms with van der Waals surface area (Å²) in [4.78, 5) is 18.3. The van der Waals surface area contributed by atoms with Crippen molar-refractivity contribution in [2.24, 2.45) is 0 Å². The Labute approximate surface area is 103 Å². The molecule has 0 aromatic heterocycles. The van der Waals surface area contributed by atoms with Crippen molar-refractivity contribution in [3.8, 4) is 0 Å². The Morgan fingerprint density at radius 2 is 2.18 bits per heavy atom. The largest absolute Gasteiger partial charge is 0.387 e. The van der Waals surface area contributed by atoms with Crippen molar-refractivity contribution in [3.63, 3.8) is 0 Å². The van der Waals surface area contributed by atoms with Gasteiger partial charge in [-0.05, 0) is 24.6 Å². The van der Waals surface area contributed by atoms with E-state index in [1.54, 1.807) is 0 Å². The van der Waals surface area contributed by atoms with Crippen molar-refractivity contribution in [1.29, 1.82) is 0 Å². The molecule has 1 saturated heterocycles. The van der Waals surface area contributed by atoms with E-state index in [0.717, 1.165) is 6.42 Å². The Hall–Kier alpha value is -0.0951. The standard InChI is InChI=1S/C10H20BO5P/c1-3-5-15-9-8(12)7(16-10(9)11)4-6-17(2,13)14/h4,6-10,12-14H,2-3,5,11H2,1H3/b6-4+/t7-,8+,9?,10-/m1/s1. The number of hydrogen-bond donors (Lipinski definition) is 3. The third-order valence-electron chi connectivity index (χ3n) is 2.54. The predicted molar refractivity (Wildman–Crippen MR) is 70.9 cm³/mol. The molecule has 0 amide bonds. The Morgan fingerprint density at radius 1 is 1.53 bits per heavy atom. The first kappa shape index (κ1) is 15.0. The van der Waals surface area contributed by atoms with Crippen molar-refractivity contribution in [3.05, 3.63) is 11.9 Å². The van der Waals surface area contributed by atoms with Crippen LogP contribution in [-0.2, 0) is 9.47 Å². The highest BCUT2D eigenvalue weighted by atomic mass is 31.2. The summed E-state index contributed by atoms with van der Waals surface area (Å²) >= 11 is 0. The zero-order chi connectivity index (χ0) is 13.1. The fraction of sp³-hybridized carbons (Fsp3) is 0.700. The molecule has 4 atom stereocenters. The van der Waals surface area contributed by atoms with Crippen molar-refractivity contribution in [2.45, 2.75) is 37.7 Å². The maximum atomic E-state index is 9.97. The molecule has 0 aromatic rings. The van der Waals surface area contributed by atoms with Gasteiger partial charge in [-0.2, -0.15) is 0 Å². The number of rotatable bonds is 5. The molecule has 3 N–H and O–H groups in total. The van der Waals surface area contributed by atoms with Crippen molar-refractivity contribution in [2.75, 3.05) is 6.61 Å². The average molecular weight is 262 g/mol. The number of aliphatic hydroxyl groups excluding tert-OH is 1. The van der Waals surface area contributed by atoms with Gasteiger partial charge < -0.3 is 24.4 Å². The summed E-state index contributed by atoms with van der Waals surface area (Å²) < 4.78 is 11.0. The van der Waals surface area contributed by atoms with Crippen LogP contribution in [0.5, 0.6) is 0 Å². The summed E-state index contributed by atoms with van der Waals surface area (Å²) in [5.74, 6) is 1.19. The second kappa shape index (κ2) is 6.18. The van der Waals surface area contributed by atoms with E-state index in [1.165, 1.54) is 11.9 Å². The van der Waals surface area contributed by atoms with E-state index in [1.807, 2.05) is 14.8 Å². The normalized spacial score (nSPS) is 34.6. The molecule has 98 valence electrons. The van der Waals surface area contributed by atoms with Gasteiger partial charge in [0.2, 0.25) is 0 Å². The van der Waals surface area contributed by atoms with Gasteiger partial charge in [0.05, 0.1) is 6.00 Å². The quantitative estimate of drug-likeness (QED) is 0.450.